The summed E-state index contributed by atoms with van der Waals surface area (Å²) in [4.78, 5) is 0. The summed E-state index contributed by atoms with van der Waals surface area (Å²) in [6.45, 7) is 11.6. The van der Waals surface area contributed by atoms with Crippen molar-refractivity contribution in [2.24, 2.45) is 35.5 Å². The first-order valence-electron chi connectivity index (χ1n) is 10.6. The maximum Gasteiger partial charge on any atom is 0.0468 e. The van der Waals surface area contributed by atoms with Crippen LogP contribution in [-0.2, 0) is 4.74 Å². The Balaban J connectivity index is 1.46. The molecule has 1 heteroatoms. The van der Waals surface area contributed by atoms with Gasteiger partial charge in [0.05, 0.1) is 0 Å². The molecule has 2 saturated carbocycles. The van der Waals surface area contributed by atoms with Gasteiger partial charge < -0.3 is 4.74 Å². The number of rotatable bonds is 8. The van der Waals surface area contributed by atoms with Crippen molar-refractivity contribution in [1.29, 1.82) is 0 Å². The van der Waals surface area contributed by atoms with E-state index in [9.17, 15) is 0 Å². The van der Waals surface area contributed by atoms with Gasteiger partial charge in [-0.15, -0.1) is 0 Å². The molecule has 1 nitrogen and oxygen atoms in total. The van der Waals surface area contributed by atoms with Crippen LogP contribution in [0.25, 0.3) is 0 Å². The van der Waals surface area contributed by atoms with Crippen LogP contribution in [0.1, 0.15) is 91.9 Å². The number of hydrogen-bond acceptors (Lipinski definition) is 1. The SMILES string of the molecule is CC(C)C1CCC(CCOCCC2CCC(C(C)C)CC2)CC1. The van der Waals surface area contributed by atoms with Gasteiger partial charge in [-0.2, -0.15) is 0 Å². The fourth-order valence-corrected chi connectivity index (χ4v) is 4.89. The summed E-state index contributed by atoms with van der Waals surface area (Å²) >= 11 is 0. The van der Waals surface area contributed by atoms with Gasteiger partial charge in [0.1, 0.15) is 0 Å². The van der Waals surface area contributed by atoms with Crippen LogP contribution in [-0.4, -0.2) is 13.2 Å². The minimum Gasteiger partial charge on any atom is -0.381 e. The van der Waals surface area contributed by atoms with Gasteiger partial charge in [0.2, 0.25) is 0 Å². The van der Waals surface area contributed by atoms with Crippen molar-refractivity contribution in [3.05, 3.63) is 0 Å². The molecular weight excluding hydrogens is 280 g/mol. The Labute approximate surface area is 146 Å². The Bertz CT molecular complexity index is 263. The number of ether oxygens (including phenoxy) is 1. The highest BCUT2D eigenvalue weighted by Crippen LogP contribution is 2.35. The van der Waals surface area contributed by atoms with Gasteiger partial charge in [0.15, 0.2) is 0 Å². The second kappa shape index (κ2) is 10.1. The monoisotopic (exact) mass is 322 g/mol. The molecule has 0 spiro atoms. The Morgan fingerprint density at radius 3 is 1.26 bits per heavy atom. The number of hydrogen-bond donors (Lipinski definition) is 0. The molecule has 136 valence electrons. The van der Waals surface area contributed by atoms with Gasteiger partial charge in [-0.05, 0) is 74.0 Å². The van der Waals surface area contributed by atoms with E-state index in [4.69, 9.17) is 4.74 Å². The molecule has 0 saturated heterocycles. The molecule has 0 aromatic carbocycles. The molecule has 0 aromatic heterocycles. The molecule has 0 aliphatic heterocycles. The quantitative estimate of drug-likeness (QED) is 0.451. The van der Waals surface area contributed by atoms with Crippen molar-refractivity contribution in [1.82, 2.24) is 0 Å². The van der Waals surface area contributed by atoms with Crippen LogP contribution < -0.4 is 0 Å². The van der Waals surface area contributed by atoms with E-state index in [0.29, 0.717) is 0 Å². The minimum absolute atomic E-state index is 0.887. The van der Waals surface area contributed by atoms with Crippen LogP contribution in [0.2, 0.25) is 0 Å². The summed E-state index contributed by atoms with van der Waals surface area (Å²) in [7, 11) is 0. The predicted molar refractivity (Wildman–Crippen MR) is 101 cm³/mol. The second-order valence-corrected chi connectivity index (χ2v) is 9.24. The topological polar surface area (TPSA) is 9.23 Å². The summed E-state index contributed by atoms with van der Waals surface area (Å²) in [6, 6.07) is 0. The zero-order chi connectivity index (χ0) is 16.7. The third-order valence-electron chi connectivity index (χ3n) is 7.01. The first-order chi connectivity index (χ1) is 11.1. The van der Waals surface area contributed by atoms with Crippen LogP contribution in [0.3, 0.4) is 0 Å². The average Bonchev–Trinajstić information content (AvgIpc) is 2.55. The molecule has 0 unspecified atom stereocenters. The first kappa shape index (κ1) is 19.3. The molecule has 23 heavy (non-hydrogen) atoms. The molecule has 0 radical (unpaired) electrons. The molecule has 0 heterocycles. The van der Waals surface area contributed by atoms with E-state index in [1.165, 1.54) is 64.2 Å². The third-order valence-corrected chi connectivity index (χ3v) is 7.01. The third kappa shape index (κ3) is 6.77. The van der Waals surface area contributed by atoms with Crippen molar-refractivity contribution < 1.29 is 4.74 Å². The van der Waals surface area contributed by atoms with Crippen LogP contribution in [0.5, 0.6) is 0 Å². The van der Waals surface area contributed by atoms with E-state index in [1.807, 2.05) is 0 Å². The second-order valence-electron chi connectivity index (χ2n) is 9.24. The molecule has 0 aromatic rings. The summed E-state index contributed by atoms with van der Waals surface area (Å²) in [6.07, 6.45) is 14.3. The van der Waals surface area contributed by atoms with Gasteiger partial charge in [0, 0.05) is 13.2 Å². The first-order valence-corrected chi connectivity index (χ1v) is 10.6. The van der Waals surface area contributed by atoms with Crippen molar-refractivity contribution in [3.8, 4) is 0 Å². The summed E-state index contributed by atoms with van der Waals surface area (Å²) in [5.41, 5.74) is 0. The largest absolute Gasteiger partial charge is 0.381 e. The lowest BCUT2D eigenvalue weighted by Gasteiger charge is -2.31. The Morgan fingerprint density at radius 1 is 0.609 bits per heavy atom. The van der Waals surface area contributed by atoms with Crippen LogP contribution in [0.4, 0.5) is 0 Å². The molecule has 0 atom stereocenters. The fraction of sp³-hybridized carbons (Fsp3) is 1.00. The molecule has 2 aliphatic rings. The minimum atomic E-state index is 0.887. The van der Waals surface area contributed by atoms with E-state index < -0.39 is 0 Å². The maximum atomic E-state index is 5.99. The molecule has 2 fully saturated rings. The average molecular weight is 323 g/mol. The molecule has 0 bridgehead atoms. The van der Waals surface area contributed by atoms with Crippen LogP contribution in [0, 0.1) is 35.5 Å². The van der Waals surface area contributed by atoms with E-state index in [2.05, 4.69) is 27.7 Å². The van der Waals surface area contributed by atoms with Gasteiger partial charge in [-0.1, -0.05) is 53.4 Å². The van der Waals surface area contributed by atoms with Gasteiger partial charge >= 0.3 is 0 Å². The molecule has 0 N–H and O–H groups in total. The zero-order valence-electron chi connectivity index (χ0n) is 16.4. The Morgan fingerprint density at radius 2 is 0.957 bits per heavy atom. The molecule has 0 amide bonds. The lowest BCUT2D eigenvalue weighted by Crippen LogP contribution is -2.20. The van der Waals surface area contributed by atoms with Crippen LogP contribution in [0.15, 0.2) is 0 Å². The van der Waals surface area contributed by atoms with Crippen molar-refractivity contribution in [2.75, 3.05) is 13.2 Å². The highest BCUT2D eigenvalue weighted by Gasteiger charge is 2.24. The Hall–Kier alpha value is -0.0400. The van der Waals surface area contributed by atoms with Crippen LogP contribution >= 0.6 is 0 Å². The predicted octanol–water partition coefficient (Wildman–Crippen LogP) is 6.71. The van der Waals surface area contributed by atoms with E-state index >= 15 is 0 Å². The highest BCUT2D eigenvalue weighted by molar-refractivity contribution is 4.75. The maximum absolute atomic E-state index is 5.99. The van der Waals surface area contributed by atoms with Gasteiger partial charge in [0.25, 0.3) is 0 Å². The highest BCUT2D eigenvalue weighted by atomic mass is 16.5. The lowest BCUT2D eigenvalue weighted by molar-refractivity contribution is 0.0875. The summed E-state index contributed by atoms with van der Waals surface area (Å²) < 4.78 is 5.99. The normalized spacial score (nSPS) is 32.6. The molecular formula is C22H42O. The van der Waals surface area contributed by atoms with Crippen molar-refractivity contribution >= 4 is 0 Å². The van der Waals surface area contributed by atoms with Crippen molar-refractivity contribution in [2.45, 2.75) is 91.9 Å². The summed E-state index contributed by atoms with van der Waals surface area (Å²) in [5, 5.41) is 0. The van der Waals surface area contributed by atoms with Gasteiger partial charge in [-0.3, -0.25) is 0 Å². The summed E-state index contributed by atoms with van der Waals surface area (Å²) in [5.74, 6) is 5.66. The fourth-order valence-electron chi connectivity index (χ4n) is 4.89. The lowest BCUT2D eigenvalue weighted by atomic mass is 9.76. The van der Waals surface area contributed by atoms with Gasteiger partial charge in [-0.25, -0.2) is 0 Å². The van der Waals surface area contributed by atoms with E-state index in [0.717, 1.165) is 48.7 Å². The molecule has 2 rings (SSSR count). The van der Waals surface area contributed by atoms with E-state index in [1.54, 1.807) is 0 Å². The van der Waals surface area contributed by atoms with Crippen molar-refractivity contribution in [3.63, 3.8) is 0 Å². The van der Waals surface area contributed by atoms with E-state index in [-0.39, 0.29) is 0 Å². The smallest absolute Gasteiger partial charge is 0.0468 e. The zero-order valence-corrected chi connectivity index (χ0v) is 16.4. The standard InChI is InChI=1S/C22H42O/c1-17(2)21-9-5-19(6-10-21)13-15-23-16-14-20-7-11-22(12-8-20)18(3)4/h17-22H,5-16H2,1-4H3. The molecule has 2 aliphatic carbocycles. The Kier molecular flexibility index (Phi) is 8.44.